The Labute approximate surface area is 177 Å². The van der Waals surface area contributed by atoms with Crippen molar-refractivity contribution in [2.45, 2.75) is 31.7 Å². The molecule has 6 heteroatoms. The third-order valence-electron chi connectivity index (χ3n) is 5.01. The lowest BCUT2D eigenvalue weighted by molar-refractivity contribution is -0.139. The first-order valence-corrected chi connectivity index (χ1v) is 11.0. The second-order valence-electron chi connectivity index (χ2n) is 7.25. The molecule has 1 saturated heterocycles. The fraction of sp³-hybridized carbons (Fsp3) is 0.391. The molecular weight excluding hydrogens is 384 g/mol. The highest BCUT2D eigenvalue weighted by molar-refractivity contribution is 8.00. The molecule has 2 aromatic rings. The van der Waals surface area contributed by atoms with E-state index < -0.39 is 0 Å². The number of benzene rings is 2. The van der Waals surface area contributed by atoms with Crippen LogP contribution in [0.4, 0.5) is 5.69 Å². The van der Waals surface area contributed by atoms with Crippen LogP contribution >= 0.6 is 11.8 Å². The number of nitrogens with zero attached hydrogens (tertiary/aromatic N) is 2. The molecule has 0 saturated carbocycles. The number of carbonyl (C=O) groups is 2. The third-order valence-corrected chi connectivity index (χ3v) is 6.00. The van der Waals surface area contributed by atoms with Gasteiger partial charge in [-0.25, -0.2) is 0 Å². The van der Waals surface area contributed by atoms with Crippen LogP contribution in [0.1, 0.15) is 29.8 Å². The zero-order valence-corrected chi connectivity index (χ0v) is 18.1. The highest BCUT2D eigenvalue weighted by Gasteiger charge is 2.27. The van der Waals surface area contributed by atoms with Gasteiger partial charge in [-0.15, -0.1) is 11.8 Å². The van der Waals surface area contributed by atoms with Gasteiger partial charge in [0.05, 0.1) is 12.4 Å². The second kappa shape index (κ2) is 9.83. The zero-order chi connectivity index (χ0) is 20.8. The SMILES string of the molecule is CCOC(=O)CSc1ccc(C(=O)N2CCN(c3cccc(C)c3)C(C)C2)cc1. The molecule has 5 nitrogen and oxygen atoms in total. The summed E-state index contributed by atoms with van der Waals surface area (Å²) in [6.07, 6.45) is 0. The van der Waals surface area contributed by atoms with E-state index in [4.69, 9.17) is 4.74 Å². The van der Waals surface area contributed by atoms with E-state index in [1.165, 1.54) is 23.0 Å². The monoisotopic (exact) mass is 412 g/mol. The lowest BCUT2D eigenvalue weighted by Crippen LogP contribution is -2.53. The summed E-state index contributed by atoms with van der Waals surface area (Å²) < 4.78 is 4.94. The summed E-state index contributed by atoms with van der Waals surface area (Å²) in [5.74, 6) is 0.111. The average Bonchev–Trinajstić information content (AvgIpc) is 2.72. The molecule has 1 fully saturated rings. The number of hydrogen-bond acceptors (Lipinski definition) is 5. The number of hydrogen-bond donors (Lipinski definition) is 0. The number of piperazine rings is 1. The Morgan fingerprint density at radius 3 is 2.55 bits per heavy atom. The standard InChI is InChI=1S/C23H28N2O3S/c1-4-28-22(26)16-29-21-10-8-19(9-11-21)23(27)24-12-13-25(18(3)15-24)20-7-5-6-17(2)14-20/h5-11,14,18H,4,12-13,15-16H2,1-3H3. The number of aryl methyl sites for hydroxylation is 1. The molecule has 154 valence electrons. The van der Waals surface area contributed by atoms with Crippen LogP contribution in [0.3, 0.4) is 0 Å². The molecule has 1 heterocycles. The molecule has 1 amide bonds. The van der Waals surface area contributed by atoms with Crippen molar-refractivity contribution in [2.75, 3.05) is 36.9 Å². The maximum absolute atomic E-state index is 12.9. The van der Waals surface area contributed by atoms with Crippen LogP contribution in [0.25, 0.3) is 0 Å². The summed E-state index contributed by atoms with van der Waals surface area (Å²) in [5, 5.41) is 0. The molecule has 2 aromatic carbocycles. The van der Waals surface area contributed by atoms with Crippen LogP contribution in [-0.2, 0) is 9.53 Å². The summed E-state index contributed by atoms with van der Waals surface area (Å²) >= 11 is 1.42. The van der Waals surface area contributed by atoms with Crippen LogP contribution in [-0.4, -0.2) is 54.8 Å². The molecule has 0 aromatic heterocycles. The lowest BCUT2D eigenvalue weighted by Gasteiger charge is -2.41. The van der Waals surface area contributed by atoms with Crippen LogP contribution < -0.4 is 4.90 Å². The van der Waals surface area contributed by atoms with Crippen molar-refractivity contribution in [1.82, 2.24) is 4.90 Å². The molecule has 0 bridgehead atoms. The predicted molar refractivity (Wildman–Crippen MR) is 118 cm³/mol. The van der Waals surface area contributed by atoms with E-state index in [1.54, 1.807) is 6.92 Å². The topological polar surface area (TPSA) is 49.9 Å². The number of esters is 1. The first-order chi connectivity index (χ1) is 14.0. The van der Waals surface area contributed by atoms with Crippen molar-refractivity contribution in [2.24, 2.45) is 0 Å². The number of ether oxygens (including phenoxy) is 1. The molecular formula is C23H28N2O3S. The highest BCUT2D eigenvalue weighted by Crippen LogP contribution is 2.23. The molecule has 0 aliphatic carbocycles. The number of carbonyl (C=O) groups excluding carboxylic acids is 2. The number of amides is 1. The van der Waals surface area contributed by atoms with Crippen LogP contribution in [0.5, 0.6) is 0 Å². The predicted octanol–water partition coefficient (Wildman–Crippen LogP) is 4.00. The minimum atomic E-state index is -0.224. The normalized spacial score (nSPS) is 16.6. The maximum atomic E-state index is 12.9. The fourth-order valence-electron chi connectivity index (χ4n) is 3.55. The Morgan fingerprint density at radius 1 is 1.14 bits per heavy atom. The Morgan fingerprint density at radius 2 is 1.90 bits per heavy atom. The molecule has 0 N–H and O–H groups in total. The first-order valence-electron chi connectivity index (χ1n) is 9.99. The van der Waals surface area contributed by atoms with E-state index in [2.05, 4.69) is 43.0 Å². The van der Waals surface area contributed by atoms with Gasteiger partial charge in [0.2, 0.25) is 0 Å². The molecule has 3 rings (SSSR count). The molecule has 0 radical (unpaired) electrons. The molecule has 1 unspecified atom stereocenters. The van der Waals surface area contributed by atoms with Gasteiger partial charge in [-0.3, -0.25) is 9.59 Å². The van der Waals surface area contributed by atoms with Gasteiger partial charge in [0.15, 0.2) is 0 Å². The van der Waals surface area contributed by atoms with Gasteiger partial charge in [-0.2, -0.15) is 0 Å². The van der Waals surface area contributed by atoms with Crippen LogP contribution in [0.15, 0.2) is 53.4 Å². The van der Waals surface area contributed by atoms with Crippen molar-refractivity contribution < 1.29 is 14.3 Å². The van der Waals surface area contributed by atoms with Gasteiger partial charge < -0.3 is 14.5 Å². The summed E-state index contributed by atoms with van der Waals surface area (Å²) in [6.45, 7) is 8.68. The molecule has 0 spiro atoms. The molecule has 1 aliphatic heterocycles. The minimum absolute atomic E-state index is 0.0580. The van der Waals surface area contributed by atoms with Gasteiger partial charge in [0, 0.05) is 41.8 Å². The van der Waals surface area contributed by atoms with Crippen molar-refractivity contribution in [1.29, 1.82) is 0 Å². The van der Waals surface area contributed by atoms with Crippen molar-refractivity contribution in [3.05, 3.63) is 59.7 Å². The Kier molecular flexibility index (Phi) is 7.20. The first kappa shape index (κ1) is 21.2. The summed E-state index contributed by atoms with van der Waals surface area (Å²) in [6, 6.07) is 16.2. The summed E-state index contributed by atoms with van der Waals surface area (Å²) in [7, 11) is 0. The fourth-order valence-corrected chi connectivity index (χ4v) is 4.25. The minimum Gasteiger partial charge on any atom is -0.465 e. The Bertz CT molecular complexity index is 853. The smallest absolute Gasteiger partial charge is 0.316 e. The maximum Gasteiger partial charge on any atom is 0.316 e. The zero-order valence-electron chi connectivity index (χ0n) is 17.3. The number of anilines is 1. The highest BCUT2D eigenvalue weighted by atomic mass is 32.2. The molecule has 1 atom stereocenters. The van der Waals surface area contributed by atoms with E-state index >= 15 is 0 Å². The summed E-state index contributed by atoms with van der Waals surface area (Å²) in [4.78, 5) is 29.6. The van der Waals surface area contributed by atoms with Crippen molar-refractivity contribution in [3.63, 3.8) is 0 Å². The number of rotatable bonds is 6. The van der Waals surface area contributed by atoms with E-state index in [9.17, 15) is 9.59 Å². The van der Waals surface area contributed by atoms with Crippen molar-refractivity contribution in [3.8, 4) is 0 Å². The summed E-state index contributed by atoms with van der Waals surface area (Å²) in [5.41, 5.74) is 3.14. The third kappa shape index (κ3) is 5.54. The van der Waals surface area contributed by atoms with E-state index in [-0.39, 0.29) is 23.7 Å². The van der Waals surface area contributed by atoms with E-state index in [1.807, 2.05) is 29.2 Å². The van der Waals surface area contributed by atoms with Crippen LogP contribution in [0, 0.1) is 6.92 Å². The van der Waals surface area contributed by atoms with E-state index in [0.29, 0.717) is 25.3 Å². The van der Waals surface area contributed by atoms with Crippen molar-refractivity contribution >= 4 is 29.3 Å². The van der Waals surface area contributed by atoms with Crippen LogP contribution in [0.2, 0.25) is 0 Å². The van der Waals surface area contributed by atoms with Gasteiger partial charge in [-0.05, 0) is 62.7 Å². The van der Waals surface area contributed by atoms with Gasteiger partial charge in [-0.1, -0.05) is 12.1 Å². The average molecular weight is 413 g/mol. The van der Waals surface area contributed by atoms with Gasteiger partial charge in [0.25, 0.3) is 5.91 Å². The van der Waals surface area contributed by atoms with E-state index in [0.717, 1.165) is 11.4 Å². The Hall–Kier alpha value is -2.47. The second-order valence-corrected chi connectivity index (χ2v) is 8.30. The number of thioether (sulfide) groups is 1. The Balaban J connectivity index is 1.58. The lowest BCUT2D eigenvalue weighted by atomic mass is 10.1. The quantitative estimate of drug-likeness (QED) is 0.530. The largest absolute Gasteiger partial charge is 0.465 e. The molecule has 29 heavy (non-hydrogen) atoms. The molecule has 1 aliphatic rings. The van der Waals surface area contributed by atoms with Gasteiger partial charge in [0.1, 0.15) is 0 Å². The van der Waals surface area contributed by atoms with Gasteiger partial charge >= 0.3 is 5.97 Å².